The number of H-pyrrole nitrogens is 1. The Labute approximate surface area is 131 Å². The Balaban J connectivity index is 1.49. The van der Waals surface area contributed by atoms with Gasteiger partial charge in [0.15, 0.2) is 0 Å². The molecule has 2 fully saturated rings. The van der Waals surface area contributed by atoms with Gasteiger partial charge in [-0.1, -0.05) is 19.3 Å². The number of hydrogen-bond acceptors (Lipinski definition) is 3. The Morgan fingerprint density at radius 2 is 2.27 bits per heavy atom. The van der Waals surface area contributed by atoms with Crippen LogP contribution in [0.1, 0.15) is 50.0 Å². The van der Waals surface area contributed by atoms with Gasteiger partial charge in [-0.05, 0) is 26.2 Å². The van der Waals surface area contributed by atoms with E-state index in [1.54, 1.807) is 18.1 Å². The molecule has 1 aliphatic heterocycles. The quantitative estimate of drug-likeness (QED) is 0.900. The number of nitrogens with zero attached hydrogens (tertiary/aromatic N) is 2. The number of hydrogen-bond donors (Lipinski definition) is 2. The smallest absolute Gasteiger partial charge is 0.317 e. The standard InChI is InChI=1S/C16H26N4O2/c1-12-9-17-14(18-12)10-20(2)15(21)19-13-8-16(22-11-13)6-4-3-5-7-16/h9,13H,3-8,10-11H2,1-2H3,(H,17,18)(H,19,21). The lowest BCUT2D eigenvalue weighted by Gasteiger charge is -2.32. The van der Waals surface area contributed by atoms with Crippen molar-refractivity contribution in [1.82, 2.24) is 20.2 Å². The summed E-state index contributed by atoms with van der Waals surface area (Å²) in [5, 5.41) is 3.10. The number of carbonyl (C=O) groups excluding carboxylic acids is 1. The van der Waals surface area contributed by atoms with E-state index in [1.165, 1.54) is 19.3 Å². The van der Waals surface area contributed by atoms with Crippen LogP contribution in [0.4, 0.5) is 4.79 Å². The van der Waals surface area contributed by atoms with E-state index >= 15 is 0 Å². The molecule has 1 unspecified atom stereocenters. The molecule has 22 heavy (non-hydrogen) atoms. The Bertz CT molecular complexity index is 522. The third kappa shape index (κ3) is 3.43. The average molecular weight is 306 g/mol. The highest BCUT2D eigenvalue weighted by atomic mass is 16.5. The molecular formula is C16H26N4O2. The van der Waals surface area contributed by atoms with Gasteiger partial charge < -0.3 is 19.9 Å². The summed E-state index contributed by atoms with van der Waals surface area (Å²) in [6, 6.07) is 0.0712. The van der Waals surface area contributed by atoms with Crippen LogP contribution in [-0.4, -0.2) is 46.2 Å². The molecule has 1 atom stereocenters. The lowest BCUT2D eigenvalue weighted by atomic mass is 9.82. The van der Waals surface area contributed by atoms with Crippen molar-refractivity contribution in [3.05, 3.63) is 17.7 Å². The summed E-state index contributed by atoms with van der Waals surface area (Å²) in [6.45, 7) is 3.08. The SMILES string of the molecule is Cc1cnc(CN(C)C(=O)NC2COC3(CCCCC3)C2)[nH]1. The van der Waals surface area contributed by atoms with Crippen molar-refractivity contribution in [3.63, 3.8) is 0 Å². The zero-order valence-corrected chi connectivity index (χ0v) is 13.5. The molecule has 0 radical (unpaired) electrons. The van der Waals surface area contributed by atoms with Gasteiger partial charge in [0.05, 0.1) is 24.8 Å². The maximum absolute atomic E-state index is 12.3. The molecular weight excluding hydrogens is 280 g/mol. The van der Waals surface area contributed by atoms with E-state index in [-0.39, 0.29) is 17.7 Å². The Morgan fingerprint density at radius 3 is 2.95 bits per heavy atom. The predicted molar refractivity (Wildman–Crippen MR) is 83.5 cm³/mol. The van der Waals surface area contributed by atoms with Crippen LogP contribution >= 0.6 is 0 Å². The number of imidazole rings is 1. The van der Waals surface area contributed by atoms with Crippen LogP contribution in [0.25, 0.3) is 0 Å². The molecule has 2 heterocycles. The maximum Gasteiger partial charge on any atom is 0.317 e. The second-order valence-corrected chi connectivity index (χ2v) is 6.77. The highest BCUT2D eigenvalue weighted by Gasteiger charge is 2.41. The number of urea groups is 1. The van der Waals surface area contributed by atoms with E-state index in [0.717, 1.165) is 30.8 Å². The fourth-order valence-electron chi connectivity index (χ4n) is 3.61. The average Bonchev–Trinajstić information content (AvgIpc) is 3.07. The van der Waals surface area contributed by atoms with Gasteiger partial charge in [-0.25, -0.2) is 9.78 Å². The number of nitrogens with one attached hydrogen (secondary N) is 2. The first-order valence-corrected chi connectivity index (χ1v) is 8.22. The van der Waals surface area contributed by atoms with E-state index < -0.39 is 0 Å². The van der Waals surface area contributed by atoms with Gasteiger partial charge in [0.2, 0.25) is 0 Å². The molecule has 2 aliphatic rings. The molecule has 0 bridgehead atoms. The molecule has 1 saturated heterocycles. The van der Waals surface area contributed by atoms with Crippen molar-refractivity contribution >= 4 is 6.03 Å². The van der Waals surface area contributed by atoms with Crippen LogP contribution in [0.2, 0.25) is 0 Å². The van der Waals surface area contributed by atoms with E-state index in [1.807, 2.05) is 6.92 Å². The number of ether oxygens (including phenoxy) is 1. The minimum atomic E-state index is -0.0597. The summed E-state index contributed by atoms with van der Waals surface area (Å²) < 4.78 is 6.04. The van der Waals surface area contributed by atoms with Crippen molar-refractivity contribution in [3.8, 4) is 0 Å². The first-order chi connectivity index (χ1) is 10.6. The van der Waals surface area contributed by atoms with Gasteiger partial charge in [-0.15, -0.1) is 0 Å². The van der Waals surface area contributed by atoms with Crippen molar-refractivity contribution in [2.75, 3.05) is 13.7 Å². The zero-order chi connectivity index (χ0) is 15.6. The van der Waals surface area contributed by atoms with Gasteiger partial charge in [0, 0.05) is 18.9 Å². The van der Waals surface area contributed by atoms with Crippen molar-refractivity contribution < 1.29 is 9.53 Å². The molecule has 0 aromatic carbocycles. The molecule has 1 spiro atoms. The topological polar surface area (TPSA) is 70.2 Å². The van der Waals surface area contributed by atoms with Crippen molar-refractivity contribution in [1.29, 1.82) is 0 Å². The van der Waals surface area contributed by atoms with Gasteiger partial charge in [-0.2, -0.15) is 0 Å². The number of aryl methyl sites for hydroxylation is 1. The number of aromatic nitrogens is 2. The first-order valence-electron chi connectivity index (χ1n) is 8.22. The molecule has 6 nitrogen and oxygen atoms in total. The summed E-state index contributed by atoms with van der Waals surface area (Å²) in [7, 11) is 1.79. The van der Waals surface area contributed by atoms with Gasteiger partial charge in [0.25, 0.3) is 0 Å². The molecule has 2 amide bonds. The number of amides is 2. The number of aromatic amines is 1. The summed E-state index contributed by atoms with van der Waals surface area (Å²) in [6.07, 6.45) is 8.82. The minimum absolute atomic E-state index is 0.0346. The van der Waals surface area contributed by atoms with Crippen LogP contribution < -0.4 is 5.32 Å². The highest BCUT2D eigenvalue weighted by Crippen LogP contribution is 2.39. The lowest BCUT2D eigenvalue weighted by molar-refractivity contribution is -0.0246. The molecule has 6 heteroatoms. The first kappa shape index (κ1) is 15.3. The van der Waals surface area contributed by atoms with E-state index in [4.69, 9.17) is 4.74 Å². The van der Waals surface area contributed by atoms with E-state index in [2.05, 4.69) is 15.3 Å². The second-order valence-electron chi connectivity index (χ2n) is 6.77. The van der Waals surface area contributed by atoms with Crippen molar-refractivity contribution in [2.24, 2.45) is 0 Å². The lowest BCUT2D eigenvalue weighted by Crippen LogP contribution is -2.44. The molecule has 2 N–H and O–H groups in total. The normalized spacial score (nSPS) is 23.6. The van der Waals surface area contributed by atoms with Crippen molar-refractivity contribution in [2.45, 2.75) is 63.6 Å². The van der Waals surface area contributed by atoms with Gasteiger partial charge >= 0.3 is 6.03 Å². The number of carbonyl (C=O) groups is 1. The summed E-state index contributed by atoms with van der Waals surface area (Å²) in [5.41, 5.74) is 1.04. The highest BCUT2D eigenvalue weighted by molar-refractivity contribution is 5.74. The summed E-state index contributed by atoms with van der Waals surface area (Å²) in [4.78, 5) is 21.3. The third-order valence-electron chi connectivity index (χ3n) is 4.79. The van der Waals surface area contributed by atoms with E-state index in [9.17, 15) is 4.79 Å². The Hall–Kier alpha value is -1.56. The second kappa shape index (κ2) is 6.28. The molecule has 1 aromatic heterocycles. The summed E-state index contributed by atoms with van der Waals surface area (Å²) in [5.74, 6) is 0.807. The van der Waals surface area contributed by atoms with Crippen LogP contribution in [0.15, 0.2) is 6.20 Å². The Morgan fingerprint density at radius 1 is 1.50 bits per heavy atom. The Kier molecular flexibility index (Phi) is 4.38. The summed E-state index contributed by atoms with van der Waals surface area (Å²) >= 11 is 0. The van der Waals surface area contributed by atoms with Crippen LogP contribution in [0, 0.1) is 6.92 Å². The molecule has 1 aromatic rings. The maximum atomic E-state index is 12.3. The molecule has 122 valence electrons. The fourth-order valence-corrected chi connectivity index (χ4v) is 3.61. The molecule has 3 rings (SSSR count). The van der Waals surface area contributed by atoms with Crippen LogP contribution in [0.3, 0.4) is 0 Å². The third-order valence-corrected chi connectivity index (χ3v) is 4.79. The van der Waals surface area contributed by atoms with E-state index in [0.29, 0.717) is 13.2 Å². The largest absolute Gasteiger partial charge is 0.373 e. The zero-order valence-electron chi connectivity index (χ0n) is 13.5. The fraction of sp³-hybridized carbons (Fsp3) is 0.750. The predicted octanol–water partition coefficient (Wildman–Crippen LogP) is 2.35. The molecule has 1 aliphatic carbocycles. The van der Waals surface area contributed by atoms with Crippen LogP contribution in [0.5, 0.6) is 0 Å². The van der Waals surface area contributed by atoms with Gasteiger partial charge in [-0.3, -0.25) is 0 Å². The number of rotatable bonds is 3. The molecule has 1 saturated carbocycles. The monoisotopic (exact) mass is 306 g/mol. The minimum Gasteiger partial charge on any atom is -0.373 e. The van der Waals surface area contributed by atoms with Crippen LogP contribution in [-0.2, 0) is 11.3 Å². The van der Waals surface area contributed by atoms with Gasteiger partial charge in [0.1, 0.15) is 5.82 Å².